The standard InChI is InChI=1S/C5H5NO4/c1-6(2-3(7)8)4(9)5(6)10/h2H2,1H3/p+1. The number of quaternary nitrogens is 1. The van der Waals surface area contributed by atoms with Crippen LogP contribution in [0.15, 0.2) is 0 Å². The largest absolute Gasteiger partial charge is 0.477 e. The van der Waals surface area contributed by atoms with E-state index in [-0.39, 0.29) is 0 Å². The molecular formula is C5H6NO4+. The summed E-state index contributed by atoms with van der Waals surface area (Å²) < 4.78 is -0.574. The molecule has 1 aliphatic rings. The highest BCUT2D eigenvalue weighted by atomic mass is 16.4. The molecule has 1 saturated heterocycles. The van der Waals surface area contributed by atoms with Crippen LogP contribution in [0.4, 0.5) is 0 Å². The predicted octanol–water partition coefficient (Wildman–Crippen LogP) is -1.42. The average molecular weight is 144 g/mol. The second-order valence-corrected chi connectivity index (χ2v) is 2.35. The Kier molecular flexibility index (Phi) is 1.12. The van der Waals surface area contributed by atoms with Gasteiger partial charge in [-0.2, -0.15) is 4.48 Å². The maximum Gasteiger partial charge on any atom is 0.451 e. The second-order valence-electron chi connectivity index (χ2n) is 2.35. The van der Waals surface area contributed by atoms with Crippen molar-refractivity contribution in [2.45, 2.75) is 0 Å². The van der Waals surface area contributed by atoms with E-state index in [0.717, 1.165) is 0 Å². The maximum absolute atomic E-state index is 10.4. The molecule has 2 amide bonds. The van der Waals surface area contributed by atoms with E-state index in [4.69, 9.17) is 5.11 Å². The number of likely N-dealkylation sites (N-methyl/N-ethyl adjacent to an activating group) is 1. The zero-order chi connectivity index (χ0) is 7.94. The molecular weight excluding hydrogens is 138 g/mol. The van der Waals surface area contributed by atoms with Crippen molar-refractivity contribution in [3.05, 3.63) is 0 Å². The normalized spacial score (nSPS) is 20.9. The summed E-state index contributed by atoms with van der Waals surface area (Å²) in [7, 11) is 1.29. The van der Waals surface area contributed by atoms with Crippen molar-refractivity contribution < 1.29 is 24.0 Å². The zero-order valence-corrected chi connectivity index (χ0v) is 5.33. The van der Waals surface area contributed by atoms with Crippen LogP contribution in [-0.2, 0) is 14.4 Å². The summed E-state index contributed by atoms with van der Waals surface area (Å²) in [5.41, 5.74) is 0. The van der Waals surface area contributed by atoms with Crippen LogP contribution in [0.2, 0.25) is 0 Å². The Morgan fingerprint density at radius 3 is 2.00 bits per heavy atom. The Balaban J connectivity index is 2.67. The number of rotatable bonds is 2. The van der Waals surface area contributed by atoms with E-state index in [9.17, 15) is 14.4 Å². The Bertz CT molecular complexity index is 218. The quantitative estimate of drug-likeness (QED) is 0.293. The number of nitrogens with zero attached hydrogens (tertiary/aromatic N) is 1. The third-order valence-corrected chi connectivity index (χ3v) is 1.48. The molecule has 0 saturated carbocycles. The Labute approximate surface area is 56.4 Å². The SMILES string of the molecule is C[N+]1(CC(=O)O)C(=O)C1=O. The first-order valence-electron chi connectivity index (χ1n) is 2.65. The second kappa shape index (κ2) is 1.63. The lowest BCUT2D eigenvalue weighted by atomic mass is 10.6. The van der Waals surface area contributed by atoms with Gasteiger partial charge in [-0.25, -0.2) is 14.4 Å². The Morgan fingerprint density at radius 2 is 1.90 bits per heavy atom. The van der Waals surface area contributed by atoms with Gasteiger partial charge in [-0.3, -0.25) is 0 Å². The summed E-state index contributed by atoms with van der Waals surface area (Å²) in [6.45, 7) is -0.433. The maximum atomic E-state index is 10.4. The summed E-state index contributed by atoms with van der Waals surface area (Å²) >= 11 is 0. The van der Waals surface area contributed by atoms with Crippen molar-refractivity contribution in [3.8, 4) is 0 Å². The lowest BCUT2D eigenvalue weighted by molar-refractivity contribution is -0.679. The van der Waals surface area contributed by atoms with Gasteiger partial charge in [-0.15, -0.1) is 0 Å². The van der Waals surface area contributed by atoms with Crippen LogP contribution < -0.4 is 0 Å². The predicted molar refractivity (Wildman–Crippen MR) is 28.7 cm³/mol. The smallest absolute Gasteiger partial charge is 0.451 e. The molecule has 5 nitrogen and oxygen atoms in total. The minimum absolute atomic E-state index is 0.433. The van der Waals surface area contributed by atoms with E-state index in [2.05, 4.69) is 0 Å². The fourth-order valence-corrected chi connectivity index (χ4v) is 0.720. The molecule has 1 rings (SSSR count). The van der Waals surface area contributed by atoms with Crippen LogP contribution in [0.5, 0.6) is 0 Å². The molecule has 54 valence electrons. The van der Waals surface area contributed by atoms with Crippen LogP contribution >= 0.6 is 0 Å². The van der Waals surface area contributed by atoms with E-state index >= 15 is 0 Å². The third-order valence-electron chi connectivity index (χ3n) is 1.48. The summed E-state index contributed by atoms with van der Waals surface area (Å²) in [5.74, 6) is -2.38. The Hall–Kier alpha value is -1.23. The molecule has 1 aliphatic heterocycles. The highest BCUT2D eigenvalue weighted by molar-refractivity contribution is 6.45. The molecule has 0 aromatic rings. The van der Waals surface area contributed by atoms with Gasteiger partial charge in [0.25, 0.3) is 0 Å². The van der Waals surface area contributed by atoms with Gasteiger partial charge in [-0.05, 0) is 0 Å². The van der Waals surface area contributed by atoms with Crippen LogP contribution in [0, 0.1) is 0 Å². The molecule has 0 aromatic heterocycles. The number of imide groups is 1. The van der Waals surface area contributed by atoms with Gasteiger partial charge in [-0.1, -0.05) is 0 Å². The van der Waals surface area contributed by atoms with Gasteiger partial charge in [0, 0.05) is 0 Å². The highest BCUT2D eigenvalue weighted by Crippen LogP contribution is 2.20. The summed E-state index contributed by atoms with van der Waals surface area (Å²) in [5, 5.41) is 8.20. The topological polar surface area (TPSA) is 71.4 Å². The molecule has 5 heteroatoms. The van der Waals surface area contributed by atoms with E-state index in [1.54, 1.807) is 0 Å². The van der Waals surface area contributed by atoms with Crippen molar-refractivity contribution in [1.82, 2.24) is 0 Å². The van der Waals surface area contributed by atoms with Gasteiger partial charge in [0.2, 0.25) is 0 Å². The van der Waals surface area contributed by atoms with Crippen LogP contribution in [0.25, 0.3) is 0 Å². The van der Waals surface area contributed by atoms with Gasteiger partial charge in [0.15, 0.2) is 6.54 Å². The fourth-order valence-electron chi connectivity index (χ4n) is 0.720. The number of carboxylic acids is 1. The van der Waals surface area contributed by atoms with E-state index in [1.165, 1.54) is 7.05 Å². The summed E-state index contributed by atoms with van der Waals surface area (Å²) in [6, 6.07) is 0. The van der Waals surface area contributed by atoms with Gasteiger partial charge < -0.3 is 5.11 Å². The Morgan fingerprint density at radius 1 is 1.50 bits per heavy atom. The molecule has 1 N–H and O–H groups in total. The van der Waals surface area contributed by atoms with E-state index in [1.807, 2.05) is 0 Å². The first-order valence-corrected chi connectivity index (χ1v) is 2.65. The number of amides is 2. The molecule has 0 spiro atoms. The molecule has 0 aliphatic carbocycles. The number of hydrogen-bond acceptors (Lipinski definition) is 3. The summed E-state index contributed by atoms with van der Waals surface area (Å²) in [6.07, 6.45) is 0. The lowest BCUT2D eigenvalue weighted by Gasteiger charge is -1.98. The molecule has 0 radical (unpaired) electrons. The minimum Gasteiger partial charge on any atom is -0.477 e. The van der Waals surface area contributed by atoms with Crippen molar-refractivity contribution >= 4 is 17.8 Å². The monoisotopic (exact) mass is 144 g/mol. The molecule has 0 aromatic carbocycles. The number of carbonyl (C=O) groups is 3. The number of hydrogen-bond donors (Lipinski definition) is 1. The minimum atomic E-state index is -1.14. The van der Waals surface area contributed by atoms with Gasteiger partial charge in [0.05, 0.1) is 7.05 Å². The zero-order valence-electron chi connectivity index (χ0n) is 5.33. The van der Waals surface area contributed by atoms with Crippen LogP contribution in [-0.4, -0.2) is 41.0 Å². The van der Waals surface area contributed by atoms with Crippen LogP contribution in [0.3, 0.4) is 0 Å². The van der Waals surface area contributed by atoms with Crippen molar-refractivity contribution in [3.63, 3.8) is 0 Å². The molecule has 0 bridgehead atoms. The van der Waals surface area contributed by atoms with Crippen LogP contribution in [0.1, 0.15) is 0 Å². The molecule has 10 heavy (non-hydrogen) atoms. The first kappa shape index (κ1) is 6.88. The van der Waals surface area contributed by atoms with E-state index in [0.29, 0.717) is 0 Å². The van der Waals surface area contributed by atoms with Gasteiger partial charge >= 0.3 is 17.8 Å². The number of carboxylic acid groups (broad SMARTS) is 1. The number of carbonyl (C=O) groups excluding carboxylic acids is 2. The van der Waals surface area contributed by atoms with Crippen molar-refractivity contribution in [2.75, 3.05) is 13.6 Å². The summed E-state index contributed by atoms with van der Waals surface area (Å²) in [4.78, 5) is 30.9. The first-order chi connectivity index (χ1) is 4.48. The molecule has 0 atom stereocenters. The van der Waals surface area contributed by atoms with Crippen molar-refractivity contribution in [2.24, 2.45) is 0 Å². The highest BCUT2D eigenvalue weighted by Gasteiger charge is 2.67. The third kappa shape index (κ3) is 0.714. The molecule has 1 fully saturated rings. The fraction of sp³-hybridized carbons (Fsp3) is 0.400. The lowest BCUT2D eigenvalue weighted by Crippen LogP contribution is -2.29. The van der Waals surface area contributed by atoms with Gasteiger partial charge in [0.1, 0.15) is 0 Å². The van der Waals surface area contributed by atoms with E-state index < -0.39 is 28.8 Å². The molecule has 1 heterocycles. The average Bonchev–Trinajstić information content (AvgIpc) is 2.18. The number of aliphatic carboxylic acids is 1. The van der Waals surface area contributed by atoms with Crippen molar-refractivity contribution in [1.29, 1.82) is 0 Å². The molecule has 0 unspecified atom stereocenters.